The second kappa shape index (κ2) is 5.43. The van der Waals surface area contributed by atoms with Crippen LogP contribution in [0.3, 0.4) is 0 Å². The maximum Gasteiger partial charge on any atom is 0.273 e. The van der Waals surface area contributed by atoms with Gasteiger partial charge in [0.2, 0.25) is 0 Å². The maximum absolute atomic E-state index is 12.0. The molecule has 0 unspecified atom stereocenters. The SMILES string of the molecule is CN(Cc1ccc(C#N)cc1)C(=O)c1cscn1. The lowest BCUT2D eigenvalue weighted by molar-refractivity contribution is 0.0780. The second-order valence-electron chi connectivity index (χ2n) is 3.84. The van der Waals surface area contributed by atoms with Gasteiger partial charge in [0.1, 0.15) is 5.69 Å². The van der Waals surface area contributed by atoms with Crippen LogP contribution < -0.4 is 0 Å². The minimum absolute atomic E-state index is 0.0967. The van der Waals surface area contributed by atoms with Crippen molar-refractivity contribution in [2.75, 3.05) is 7.05 Å². The fourth-order valence-electron chi connectivity index (χ4n) is 1.54. The van der Waals surface area contributed by atoms with Crippen LogP contribution in [0.2, 0.25) is 0 Å². The van der Waals surface area contributed by atoms with Gasteiger partial charge in [0.15, 0.2) is 0 Å². The van der Waals surface area contributed by atoms with Crippen LogP contribution in [0.15, 0.2) is 35.2 Å². The summed E-state index contributed by atoms with van der Waals surface area (Å²) in [5, 5.41) is 10.4. The molecule has 0 saturated carbocycles. The van der Waals surface area contributed by atoms with Gasteiger partial charge in [-0.05, 0) is 17.7 Å². The third-order valence-corrected chi connectivity index (χ3v) is 3.09. The highest BCUT2D eigenvalue weighted by atomic mass is 32.1. The number of rotatable bonds is 3. The minimum Gasteiger partial charge on any atom is -0.336 e. The van der Waals surface area contributed by atoms with Gasteiger partial charge in [-0.1, -0.05) is 12.1 Å². The van der Waals surface area contributed by atoms with E-state index >= 15 is 0 Å². The molecule has 0 aliphatic heterocycles. The van der Waals surface area contributed by atoms with Crippen LogP contribution in [0.5, 0.6) is 0 Å². The third-order valence-electron chi connectivity index (χ3n) is 2.50. The molecule has 0 aliphatic rings. The summed E-state index contributed by atoms with van der Waals surface area (Å²) < 4.78 is 0. The molecular weight excluding hydrogens is 246 g/mol. The number of nitriles is 1. The second-order valence-corrected chi connectivity index (χ2v) is 4.56. The van der Waals surface area contributed by atoms with E-state index < -0.39 is 0 Å². The molecule has 1 aromatic heterocycles. The number of thiazole rings is 1. The third kappa shape index (κ3) is 2.73. The van der Waals surface area contributed by atoms with E-state index in [0.717, 1.165) is 5.56 Å². The largest absolute Gasteiger partial charge is 0.336 e. The van der Waals surface area contributed by atoms with Gasteiger partial charge in [0.25, 0.3) is 5.91 Å². The zero-order valence-electron chi connectivity index (χ0n) is 9.83. The summed E-state index contributed by atoms with van der Waals surface area (Å²) in [5.74, 6) is -0.0967. The van der Waals surface area contributed by atoms with E-state index in [1.165, 1.54) is 11.3 Å². The molecule has 0 N–H and O–H groups in total. The van der Waals surface area contributed by atoms with Crippen LogP contribution in [0.1, 0.15) is 21.6 Å². The molecule has 18 heavy (non-hydrogen) atoms. The number of hydrogen-bond acceptors (Lipinski definition) is 4. The van der Waals surface area contributed by atoms with Crippen molar-refractivity contribution in [3.8, 4) is 6.07 Å². The Morgan fingerprint density at radius 2 is 2.17 bits per heavy atom. The summed E-state index contributed by atoms with van der Waals surface area (Å²) >= 11 is 1.40. The van der Waals surface area contributed by atoms with Crippen molar-refractivity contribution in [3.05, 3.63) is 52.0 Å². The van der Waals surface area contributed by atoms with E-state index in [1.54, 1.807) is 35.0 Å². The number of benzene rings is 1. The molecule has 5 heteroatoms. The first-order chi connectivity index (χ1) is 8.70. The Morgan fingerprint density at radius 1 is 1.44 bits per heavy atom. The first-order valence-electron chi connectivity index (χ1n) is 5.33. The van der Waals surface area contributed by atoms with Gasteiger partial charge in [0.05, 0.1) is 17.1 Å². The van der Waals surface area contributed by atoms with Gasteiger partial charge >= 0.3 is 0 Å². The number of carbonyl (C=O) groups excluding carboxylic acids is 1. The van der Waals surface area contributed by atoms with Gasteiger partial charge < -0.3 is 4.90 Å². The van der Waals surface area contributed by atoms with Crippen LogP contribution in [-0.4, -0.2) is 22.8 Å². The van der Waals surface area contributed by atoms with Gasteiger partial charge in [0, 0.05) is 19.0 Å². The Bertz CT molecular complexity index is 569. The Kier molecular flexibility index (Phi) is 3.70. The van der Waals surface area contributed by atoms with Gasteiger partial charge in [-0.2, -0.15) is 5.26 Å². The van der Waals surface area contributed by atoms with Crippen molar-refractivity contribution >= 4 is 17.2 Å². The summed E-state index contributed by atoms with van der Waals surface area (Å²) in [6, 6.07) is 9.26. The van der Waals surface area contributed by atoms with Crippen LogP contribution in [0, 0.1) is 11.3 Å². The molecule has 2 rings (SSSR count). The summed E-state index contributed by atoms with van der Waals surface area (Å²) in [5.41, 5.74) is 3.71. The van der Waals surface area contributed by atoms with E-state index in [-0.39, 0.29) is 5.91 Å². The molecule has 2 aromatic rings. The first-order valence-corrected chi connectivity index (χ1v) is 6.27. The molecule has 0 spiro atoms. The molecule has 1 aromatic carbocycles. The molecule has 0 saturated heterocycles. The van der Waals surface area contributed by atoms with Crippen LogP contribution >= 0.6 is 11.3 Å². The molecular formula is C13H11N3OS. The summed E-state index contributed by atoms with van der Waals surface area (Å²) in [4.78, 5) is 17.5. The summed E-state index contributed by atoms with van der Waals surface area (Å²) in [6.45, 7) is 0.502. The summed E-state index contributed by atoms with van der Waals surface area (Å²) in [6.07, 6.45) is 0. The average Bonchev–Trinajstić information content (AvgIpc) is 2.92. The van der Waals surface area contributed by atoms with Crippen LogP contribution in [-0.2, 0) is 6.54 Å². The Hall–Kier alpha value is -2.19. The van der Waals surface area contributed by atoms with Gasteiger partial charge in [-0.25, -0.2) is 4.98 Å². The Labute approximate surface area is 109 Å². The van der Waals surface area contributed by atoms with E-state index in [9.17, 15) is 4.79 Å². The fourth-order valence-corrected chi connectivity index (χ4v) is 2.07. The minimum atomic E-state index is -0.0967. The molecule has 0 bridgehead atoms. The molecule has 0 fully saturated rings. The summed E-state index contributed by atoms with van der Waals surface area (Å²) in [7, 11) is 1.74. The zero-order chi connectivity index (χ0) is 13.0. The average molecular weight is 257 g/mol. The normalized spacial score (nSPS) is 9.78. The van der Waals surface area contributed by atoms with Crippen molar-refractivity contribution in [1.82, 2.24) is 9.88 Å². The lowest BCUT2D eigenvalue weighted by Gasteiger charge is -2.15. The van der Waals surface area contributed by atoms with Crippen molar-refractivity contribution in [2.45, 2.75) is 6.54 Å². The van der Waals surface area contributed by atoms with Crippen LogP contribution in [0.4, 0.5) is 0 Å². The monoisotopic (exact) mass is 257 g/mol. The van der Waals surface area contributed by atoms with Crippen molar-refractivity contribution < 1.29 is 4.79 Å². The van der Waals surface area contributed by atoms with E-state index in [0.29, 0.717) is 17.8 Å². The smallest absolute Gasteiger partial charge is 0.273 e. The quantitative estimate of drug-likeness (QED) is 0.847. The molecule has 1 heterocycles. The number of amides is 1. The topological polar surface area (TPSA) is 57.0 Å². The lowest BCUT2D eigenvalue weighted by Crippen LogP contribution is -2.26. The van der Waals surface area contributed by atoms with Crippen LogP contribution in [0.25, 0.3) is 0 Å². The Balaban J connectivity index is 2.05. The molecule has 4 nitrogen and oxygen atoms in total. The maximum atomic E-state index is 12.0. The lowest BCUT2D eigenvalue weighted by atomic mass is 10.1. The fraction of sp³-hybridized carbons (Fsp3) is 0.154. The van der Waals surface area contributed by atoms with Gasteiger partial charge in [-0.15, -0.1) is 11.3 Å². The molecule has 0 aliphatic carbocycles. The zero-order valence-corrected chi connectivity index (χ0v) is 10.6. The molecule has 0 atom stereocenters. The predicted molar refractivity (Wildman–Crippen MR) is 69.1 cm³/mol. The number of nitrogens with zero attached hydrogens (tertiary/aromatic N) is 3. The Morgan fingerprint density at radius 3 is 2.72 bits per heavy atom. The van der Waals surface area contributed by atoms with Gasteiger partial charge in [-0.3, -0.25) is 4.79 Å². The molecule has 1 amide bonds. The van der Waals surface area contributed by atoms with Crippen molar-refractivity contribution in [2.24, 2.45) is 0 Å². The predicted octanol–water partition coefficient (Wildman–Crippen LogP) is 2.29. The standard InChI is InChI=1S/C13H11N3OS/c1-16(13(17)12-8-18-9-15-12)7-11-4-2-10(6-14)3-5-11/h2-5,8-9H,7H2,1H3. The number of hydrogen-bond donors (Lipinski definition) is 0. The molecule has 90 valence electrons. The highest BCUT2D eigenvalue weighted by Gasteiger charge is 2.13. The highest BCUT2D eigenvalue weighted by molar-refractivity contribution is 7.07. The van der Waals surface area contributed by atoms with Crippen molar-refractivity contribution in [3.63, 3.8) is 0 Å². The highest BCUT2D eigenvalue weighted by Crippen LogP contribution is 2.09. The number of aromatic nitrogens is 1. The number of carbonyl (C=O) groups is 1. The molecule has 0 radical (unpaired) electrons. The van der Waals surface area contributed by atoms with Crippen molar-refractivity contribution in [1.29, 1.82) is 5.26 Å². The van der Waals surface area contributed by atoms with E-state index in [4.69, 9.17) is 5.26 Å². The van der Waals surface area contributed by atoms with E-state index in [2.05, 4.69) is 11.1 Å². The van der Waals surface area contributed by atoms with E-state index in [1.807, 2.05) is 12.1 Å². The first kappa shape index (κ1) is 12.3.